The number of fused-ring (bicyclic) bond motifs is 1. The first-order chi connectivity index (χ1) is 11.0. The number of hydroxylamine groups is 1. The lowest BCUT2D eigenvalue weighted by Crippen LogP contribution is -2.47. The van der Waals surface area contributed by atoms with Gasteiger partial charge in [-0.15, -0.1) is 0 Å². The van der Waals surface area contributed by atoms with Gasteiger partial charge in [0, 0.05) is 19.3 Å². The average molecular weight is 312 g/mol. The molecule has 0 spiro atoms. The standard InChI is InChI=1S/C17H20N4O2/c1-11-4-3-5-16(19-11)20(2)10-12-6-7-15-13(8-12)9-14(18)17(22)21(15)23/h3-8,14,23H,9-10,18H2,1-2H3/t14-/m0/s1. The van der Waals surface area contributed by atoms with Crippen molar-refractivity contribution in [1.29, 1.82) is 0 Å². The van der Waals surface area contributed by atoms with E-state index in [4.69, 9.17) is 5.73 Å². The third-order valence-corrected chi connectivity index (χ3v) is 4.02. The molecule has 23 heavy (non-hydrogen) atoms. The van der Waals surface area contributed by atoms with Crippen molar-refractivity contribution in [2.75, 3.05) is 17.0 Å². The first-order valence-electron chi connectivity index (χ1n) is 7.51. The highest BCUT2D eigenvalue weighted by Crippen LogP contribution is 2.27. The van der Waals surface area contributed by atoms with Crippen molar-refractivity contribution in [2.24, 2.45) is 5.73 Å². The predicted octanol–water partition coefficient (Wildman–Crippen LogP) is 1.63. The van der Waals surface area contributed by atoms with Crippen LogP contribution in [0, 0.1) is 6.92 Å². The molecule has 3 N–H and O–H groups in total. The molecular weight excluding hydrogens is 292 g/mol. The molecule has 0 bridgehead atoms. The third kappa shape index (κ3) is 3.04. The third-order valence-electron chi connectivity index (χ3n) is 4.02. The summed E-state index contributed by atoms with van der Waals surface area (Å²) >= 11 is 0. The van der Waals surface area contributed by atoms with Crippen LogP contribution in [-0.4, -0.2) is 29.2 Å². The number of hydrogen-bond acceptors (Lipinski definition) is 5. The van der Waals surface area contributed by atoms with Crippen molar-refractivity contribution in [3.05, 3.63) is 53.2 Å². The zero-order valence-corrected chi connectivity index (χ0v) is 13.2. The number of hydrogen-bond donors (Lipinski definition) is 2. The van der Waals surface area contributed by atoms with Crippen molar-refractivity contribution in [3.8, 4) is 0 Å². The average Bonchev–Trinajstić information content (AvgIpc) is 2.52. The van der Waals surface area contributed by atoms with Crippen molar-refractivity contribution < 1.29 is 10.0 Å². The Morgan fingerprint density at radius 1 is 1.39 bits per heavy atom. The maximum Gasteiger partial charge on any atom is 0.267 e. The van der Waals surface area contributed by atoms with Crippen molar-refractivity contribution in [2.45, 2.75) is 25.9 Å². The fourth-order valence-corrected chi connectivity index (χ4v) is 2.80. The Morgan fingerprint density at radius 2 is 2.17 bits per heavy atom. The quantitative estimate of drug-likeness (QED) is 0.842. The Hall–Kier alpha value is -2.44. The van der Waals surface area contributed by atoms with Crippen LogP contribution in [0.25, 0.3) is 0 Å². The van der Waals surface area contributed by atoms with Crippen LogP contribution in [0.4, 0.5) is 11.5 Å². The number of carbonyl (C=O) groups excluding carboxylic acids is 1. The number of nitrogens with two attached hydrogens (primary N) is 1. The van der Waals surface area contributed by atoms with Crippen molar-refractivity contribution >= 4 is 17.4 Å². The van der Waals surface area contributed by atoms with Gasteiger partial charge in [-0.1, -0.05) is 18.2 Å². The first kappa shape index (κ1) is 15.5. The Balaban J connectivity index is 1.82. The molecule has 0 saturated heterocycles. The highest BCUT2D eigenvalue weighted by molar-refractivity contribution is 5.98. The van der Waals surface area contributed by atoms with Crippen LogP contribution in [-0.2, 0) is 17.8 Å². The van der Waals surface area contributed by atoms with Crippen LogP contribution in [0.1, 0.15) is 16.8 Å². The minimum atomic E-state index is -0.695. The van der Waals surface area contributed by atoms with Crippen LogP contribution in [0.3, 0.4) is 0 Å². The number of pyridine rings is 1. The number of carbonyl (C=O) groups is 1. The van der Waals surface area contributed by atoms with Crippen LogP contribution in [0.5, 0.6) is 0 Å². The number of aryl methyl sites for hydroxylation is 1. The van der Waals surface area contributed by atoms with Gasteiger partial charge in [0.1, 0.15) is 5.82 Å². The number of aromatic nitrogens is 1. The first-order valence-corrected chi connectivity index (χ1v) is 7.51. The molecule has 0 saturated carbocycles. The molecule has 0 radical (unpaired) electrons. The maximum absolute atomic E-state index is 11.7. The summed E-state index contributed by atoms with van der Waals surface area (Å²) in [7, 11) is 1.98. The largest absolute Gasteiger partial charge is 0.355 e. The molecule has 6 nitrogen and oxygen atoms in total. The summed E-state index contributed by atoms with van der Waals surface area (Å²) in [6.07, 6.45) is 0.436. The lowest BCUT2D eigenvalue weighted by molar-refractivity contribution is -0.125. The molecule has 0 aliphatic carbocycles. The number of benzene rings is 1. The Kier molecular flexibility index (Phi) is 4.02. The van der Waals surface area contributed by atoms with Crippen LogP contribution < -0.4 is 15.7 Å². The van der Waals surface area contributed by atoms with Crippen molar-refractivity contribution in [1.82, 2.24) is 4.98 Å². The summed E-state index contributed by atoms with van der Waals surface area (Å²) in [5.41, 5.74) is 9.21. The predicted molar refractivity (Wildman–Crippen MR) is 88.5 cm³/mol. The Morgan fingerprint density at radius 3 is 2.91 bits per heavy atom. The second-order valence-electron chi connectivity index (χ2n) is 5.92. The van der Waals surface area contributed by atoms with Crippen LogP contribution in [0.2, 0.25) is 0 Å². The highest BCUT2D eigenvalue weighted by atomic mass is 16.5. The van der Waals surface area contributed by atoms with E-state index in [9.17, 15) is 10.0 Å². The summed E-state index contributed by atoms with van der Waals surface area (Å²) in [5.74, 6) is 0.435. The second kappa shape index (κ2) is 5.98. The molecule has 3 rings (SSSR count). The fraction of sp³-hybridized carbons (Fsp3) is 0.294. The van der Waals surface area contributed by atoms with Crippen molar-refractivity contribution in [3.63, 3.8) is 0 Å². The summed E-state index contributed by atoms with van der Waals surface area (Å²) in [6, 6.07) is 10.9. The van der Waals surface area contributed by atoms with Gasteiger partial charge < -0.3 is 10.6 Å². The summed E-state index contributed by atoms with van der Waals surface area (Å²) in [6.45, 7) is 2.64. The van der Waals surface area contributed by atoms with Gasteiger partial charge in [0.05, 0.1) is 11.7 Å². The van der Waals surface area contributed by atoms with Gasteiger partial charge in [-0.3, -0.25) is 10.0 Å². The maximum atomic E-state index is 11.7. The SMILES string of the molecule is Cc1cccc(N(C)Cc2ccc3c(c2)C[C@H](N)C(=O)N3O)n1. The van der Waals surface area contributed by atoms with E-state index in [2.05, 4.69) is 9.88 Å². The Labute approximate surface area is 135 Å². The number of amides is 1. The molecule has 0 fully saturated rings. The molecular formula is C17H20N4O2. The zero-order valence-electron chi connectivity index (χ0n) is 13.2. The topological polar surface area (TPSA) is 82.7 Å². The normalized spacial score (nSPS) is 17.1. The molecule has 0 unspecified atom stereocenters. The fourth-order valence-electron chi connectivity index (χ4n) is 2.80. The van der Waals surface area contributed by atoms with E-state index in [0.717, 1.165) is 22.6 Å². The van der Waals surface area contributed by atoms with E-state index in [1.165, 1.54) is 0 Å². The van der Waals surface area contributed by atoms with E-state index in [1.54, 1.807) is 6.07 Å². The zero-order chi connectivity index (χ0) is 16.6. The monoisotopic (exact) mass is 312 g/mol. The van der Waals surface area contributed by atoms with E-state index in [0.29, 0.717) is 23.7 Å². The van der Waals surface area contributed by atoms with E-state index < -0.39 is 11.9 Å². The molecule has 1 aromatic carbocycles. The molecule has 2 heterocycles. The smallest absolute Gasteiger partial charge is 0.267 e. The molecule has 1 aliphatic heterocycles. The van der Waals surface area contributed by atoms with Gasteiger partial charge in [0.25, 0.3) is 5.91 Å². The number of anilines is 2. The summed E-state index contributed by atoms with van der Waals surface area (Å²) in [4.78, 5) is 18.3. The number of nitrogens with zero attached hydrogens (tertiary/aromatic N) is 3. The minimum absolute atomic E-state index is 0.436. The second-order valence-corrected chi connectivity index (χ2v) is 5.92. The van der Waals surface area contributed by atoms with Crippen LogP contribution in [0.15, 0.2) is 36.4 Å². The van der Waals surface area contributed by atoms with Gasteiger partial charge in [-0.25, -0.2) is 4.98 Å². The van der Waals surface area contributed by atoms with Gasteiger partial charge in [-0.05, 0) is 42.7 Å². The highest BCUT2D eigenvalue weighted by Gasteiger charge is 2.29. The molecule has 6 heteroatoms. The lowest BCUT2D eigenvalue weighted by Gasteiger charge is -2.28. The van der Waals surface area contributed by atoms with Gasteiger partial charge >= 0.3 is 0 Å². The molecule has 1 atom stereocenters. The van der Waals surface area contributed by atoms with E-state index in [1.807, 2.05) is 44.3 Å². The van der Waals surface area contributed by atoms with E-state index in [-0.39, 0.29) is 0 Å². The molecule has 1 aliphatic rings. The molecule has 120 valence electrons. The van der Waals surface area contributed by atoms with Gasteiger partial charge in [0.2, 0.25) is 0 Å². The van der Waals surface area contributed by atoms with Crippen LogP contribution >= 0.6 is 0 Å². The molecule has 1 amide bonds. The van der Waals surface area contributed by atoms with E-state index >= 15 is 0 Å². The molecule has 1 aromatic heterocycles. The summed E-state index contributed by atoms with van der Waals surface area (Å²) < 4.78 is 0. The minimum Gasteiger partial charge on any atom is -0.355 e. The van der Waals surface area contributed by atoms with Gasteiger partial charge in [-0.2, -0.15) is 5.06 Å². The van der Waals surface area contributed by atoms with Gasteiger partial charge in [0.15, 0.2) is 0 Å². The summed E-state index contributed by atoms with van der Waals surface area (Å²) in [5, 5.41) is 10.5. The Bertz CT molecular complexity index is 747. The number of rotatable bonds is 3. The lowest BCUT2D eigenvalue weighted by atomic mass is 9.97. The molecule has 2 aromatic rings.